The summed E-state index contributed by atoms with van der Waals surface area (Å²) in [4.78, 5) is 0. The number of halogens is 2. The van der Waals surface area contributed by atoms with E-state index in [4.69, 9.17) is 4.74 Å². The van der Waals surface area contributed by atoms with Gasteiger partial charge in [0.25, 0.3) is 0 Å². The fourth-order valence-corrected chi connectivity index (χ4v) is 4.87. The molecular formula is C30H42Cl2OZr. The van der Waals surface area contributed by atoms with Crippen LogP contribution in [0.2, 0.25) is 0 Å². The summed E-state index contributed by atoms with van der Waals surface area (Å²) in [5.74, 6) is 1.11. The van der Waals surface area contributed by atoms with Crippen molar-refractivity contribution in [3.8, 4) is 5.75 Å². The minimum absolute atomic E-state index is 0. The standard InChI is InChI=1S/C25H37O.C5H5.2ClH.Zr/c1-18-19(2)21(4)25-23(20(18)3)17-22-15-13-11-9-7-5-6-8-10-12-14-16-24(22)26-25;1-2-4-5-3-1;;;/h24H,5-16H2,1-4H3;1-5H;2*1H;/q2*-1;;;+4/p-2. The Morgan fingerprint density at radius 1 is 0.706 bits per heavy atom. The number of benzene rings is 1. The Bertz CT molecular complexity index is 825. The summed E-state index contributed by atoms with van der Waals surface area (Å²) in [6.45, 7) is 8.93. The molecule has 0 N–H and O–H groups in total. The molecule has 2 aromatic rings. The van der Waals surface area contributed by atoms with Gasteiger partial charge in [0.1, 0.15) is 0 Å². The van der Waals surface area contributed by atoms with E-state index in [2.05, 4.69) is 33.8 Å². The van der Waals surface area contributed by atoms with Gasteiger partial charge in [0.2, 0.25) is 0 Å². The fraction of sp³-hybridized carbons (Fsp3) is 0.567. The summed E-state index contributed by atoms with van der Waals surface area (Å²) < 4.78 is 6.64. The van der Waals surface area contributed by atoms with Crippen LogP contribution >= 0.6 is 0 Å². The minimum Gasteiger partial charge on any atom is -1.00 e. The van der Waals surface area contributed by atoms with E-state index in [-0.39, 0.29) is 57.1 Å². The number of ether oxygens (including phenoxy) is 1. The van der Waals surface area contributed by atoms with Crippen molar-refractivity contribution in [1.82, 2.24) is 0 Å². The Labute approximate surface area is 240 Å². The molecule has 2 aliphatic rings. The Morgan fingerprint density at radius 2 is 1.21 bits per heavy atom. The molecule has 186 valence electrons. The van der Waals surface area contributed by atoms with E-state index in [0.29, 0.717) is 0 Å². The van der Waals surface area contributed by atoms with Crippen LogP contribution in [0.3, 0.4) is 0 Å². The summed E-state index contributed by atoms with van der Waals surface area (Å²) in [6.07, 6.45) is 20.2. The molecule has 4 heteroatoms. The smallest absolute Gasteiger partial charge is 1.00 e. The molecule has 1 atom stereocenters. The van der Waals surface area contributed by atoms with E-state index < -0.39 is 0 Å². The normalized spacial score (nSPS) is 18.4. The molecule has 0 radical (unpaired) electrons. The van der Waals surface area contributed by atoms with Crippen molar-refractivity contribution in [2.24, 2.45) is 0 Å². The van der Waals surface area contributed by atoms with Crippen LogP contribution in [0, 0.1) is 33.8 Å². The third-order valence-corrected chi connectivity index (χ3v) is 7.28. The van der Waals surface area contributed by atoms with Crippen molar-refractivity contribution >= 4 is 0 Å². The van der Waals surface area contributed by atoms with Crippen molar-refractivity contribution in [2.75, 3.05) is 0 Å². The first kappa shape index (κ1) is 33.6. The summed E-state index contributed by atoms with van der Waals surface area (Å²) in [5.41, 5.74) is 8.12. The second kappa shape index (κ2) is 17.9. The first-order valence-corrected chi connectivity index (χ1v) is 12.7. The molecule has 1 nitrogen and oxygen atoms in total. The maximum absolute atomic E-state index is 6.64. The van der Waals surface area contributed by atoms with Gasteiger partial charge in [-0.05, 0) is 33.1 Å². The summed E-state index contributed by atoms with van der Waals surface area (Å²) in [5, 5.41) is 0. The molecule has 4 rings (SSSR count). The van der Waals surface area contributed by atoms with Crippen LogP contribution in [-0.4, -0.2) is 6.10 Å². The van der Waals surface area contributed by atoms with E-state index in [9.17, 15) is 0 Å². The largest absolute Gasteiger partial charge is 4.00 e. The van der Waals surface area contributed by atoms with Gasteiger partial charge < -0.3 is 29.6 Å². The topological polar surface area (TPSA) is 9.23 Å². The van der Waals surface area contributed by atoms with Gasteiger partial charge >= 0.3 is 26.2 Å². The zero-order valence-corrected chi connectivity index (χ0v) is 25.6. The van der Waals surface area contributed by atoms with Gasteiger partial charge in [-0.25, -0.2) is 12.1 Å². The van der Waals surface area contributed by atoms with Gasteiger partial charge in [-0.15, -0.1) is 16.7 Å². The molecule has 1 saturated carbocycles. The third kappa shape index (κ3) is 9.56. The molecule has 0 saturated heterocycles. The van der Waals surface area contributed by atoms with Crippen LogP contribution in [0.5, 0.6) is 5.75 Å². The maximum atomic E-state index is 6.64. The summed E-state index contributed by atoms with van der Waals surface area (Å²) >= 11 is 0. The SMILES string of the molecule is Cc1c(C)c(C)c2c(c1C)[C-]=C1CCCCCCCCCCCCC1O2.[Cl-].[Cl-].[Zr+4].c1cc[cH-]c1. The van der Waals surface area contributed by atoms with Gasteiger partial charge in [0.15, 0.2) is 0 Å². The third-order valence-electron chi connectivity index (χ3n) is 7.28. The average molecular weight is 581 g/mol. The second-order valence-electron chi connectivity index (χ2n) is 9.50. The fourth-order valence-electron chi connectivity index (χ4n) is 4.87. The molecule has 34 heavy (non-hydrogen) atoms. The summed E-state index contributed by atoms with van der Waals surface area (Å²) in [6, 6.07) is 10.0. The van der Waals surface area contributed by atoms with E-state index in [0.717, 1.165) is 18.6 Å². The van der Waals surface area contributed by atoms with Crippen molar-refractivity contribution < 1.29 is 55.8 Å². The Balaban J connectivity index is 0.00000121. The minimum atomic E-state index is 0. The molecule has 1 fully saturated rings. The van der Waals surface area contributed by atoms with Crippen LogP contribution in [-0.2, 0) is 26.2 Å². The average Bonchev–Trinajstić information content (AvgIpc) is 3.37. The first-order chi connectivity index (χ1) is 15.1. The zero-order chi connectivity index (χ0) is 22.1. The molecule has 0 bridgehead atoms. The molecule has 1 aliphatic heterocycles. The molecule has 2 aromatic carbocycles. The second-order valence-corrected chi connectivity index (χ2v) is 9.50. The predicted molar refractivity (Wildman–Crippen MR) is 133 cm³/mol. The van der Waals surface area contributed by atoms with Gasteiger partial charge in [-0.1, -0.05) is 88.3 Å². The molecule has 1 heterocycles. The number of hydrogen-bond donors (Lipinski definition) is 0. The number of rotatable bonds is 0. The molecule has 1 aliphatic carbocycles. The number of fused-ring (bicyclic) bond motifs is 2. The van der Waals surface area contributed by atoms with Crippen molar-refractivity contribution in [2.45, 2.75) is 111 Å². The van der Waals surface area contributed by atoms with E-state index in [1.54, 1.807) is 0 Å². The predicted octanol–water partition coefficient (Wildman–Crippen LogP) is 2.86. The zero-order valence-electron chi connectivity index (χ0n) is 21.6. The van der Waals surface area contributed by atoms with Crippen LogP contribution in [0.15, 0.2) is 35.9 Å². The molecular weight excluding hydrogens is 538 g/mol. The summed E-state index contributed by atoms with van der Waals surface area (Å²) in [7, 11) is 0. The van der Waals surface area contributed by atoms with Crippen molar-refractivity contribution in [3.63, 3.8) is 0 Å². The quantitative estimate of drug-likeness (QED) is 0.436. The van der Waals surface area contributed by atoms with E-state index in [1.807, 2.05) is 30.3 Å². The molecule has 0 spiro atoms. The monoisotopic (exact) mass is 578 g/mol. The van der Waals surface area contributed by atoms with Gasteiger partial charge in [0, 0.05) is 5.75 Å². The Kier molecular flexibility index (Phi) is 17.7. The molecule has 0 aromatic heterocycles. The molecule has 0 amide bonds. The maximum Gasteiger partial charge on any atom is 4.00 e. The van der Waals surface area contributed by atoms with Gasteiger partial charge in [0.05, 0.1) is 6.10 Å². The van der Waals surface area contributed by atoms with Crippen LogP contribution in [0.25, 0.3) is 0 Å². The first-order valence-electron chi connectivity index (χ1n) is 12.7. The van der Waals surface area contributed by atoms with E-state index >= 15 is 0 Å². The van der Waals surface area contributed by atoms with Crippen LogP contribution in [0.1, 0.15) is 105 Å². The number of hydrogen-bond acceptors (Lipinski definition) is 1. The van der Waals surface area contributed by atoms with Crippen molar-refractivity contribution in [1.29, 1.82) is 0 Å². The van der Waals surface area contributed by atoms with Crippen molar-refractivity contribution in [3.05, 3.63) is 69.8 Å². The molecule has 1 unspecified atom stereocenters. The Morgan fingerprint density at radius 3 is 1.74 bits per heavy atom. The van der Waals surface area contributed by atoms with Gasteiger partial charge in [-0.3, -0.25) is 0 Å². The van der Waals surface area contributed by atoms with Crippen LogP contribution in [0.4, 0.5) is 0 Å². The van der Waals surface area contributed by atoms with E-state index in [1.165, 1.54) is 97.6 Å². The Hall–Kier alpha value is -0.427. The van der Waals surface area contributed by atoms with Crippen LogP contribution < -0.4 is 29.6 Å². The van der Waals surface area contributed by atoms with Gasteiger partial charge in [-0.2, -0.15) is 24.3 Å².